The van der Waals surface area contributed by atoms with E-state index in [0.29, 0.717) is 0 Å². The molecule has 1 aliphatic rings. The molecular formula is C15H17F3N2O2. The van der Waals surface area contributed by atoms with E-state index in [1.165, 1.54) is 13.8 Å². The number of allylic oxidation sites excluding steroid dienone is 2. The van der Waals surface area contributed by atoms with Crippen molar-refractivity contribution in [1.29, 1.82) is 10.5 Å². The zero-order valence-corrected chi connectivity index (χ0v) is 12.7. The summed E-state index contributed by atoms with van der Waals surface area (Å²) in [5.74, 6) is -2.27. The lowest BCUT2D eigenvalue weighted by atomic mass is 9.79. The zero-order chi connectivity index (χ0) is 17.1. The van der Waals surface area contributed by atoms with Gasteiger partial charge >= 0.3 is 6.18 Å². The molecule has 22 heavy (non-hydrogen) atoms. The van der Waals surface area contributed by atoms with Crippen LogP contribution in [0.15, 0.2) is 23.5 Å². The van der Waals surface area contributed by atoms with Crippen LogP contribution in [0.4, 0.5) is 13.2 Å². The Balaban J connectivity index is 3.59. The summed E-state index contributed by atoms with van der Waals surface area (Å²) in [6.45, 7) is 6.00. The minimum absolute atomic E-state index is 0.0607. The van der Waals surface area contributed by atoms with Crippen molar-refractivity contribution in [2.45, 2.75) is 51.7 Å². The fourth-order valence-corrected chi connectivity index (χ4v) is 2.21. The lowest BCUT2D eigenvalue weighted by Crippen LogP contribution is -2.57. The molecule has 2 atom stereocenters. The molecule has 0 N–H and O–H groups in total. The van der Waals surface area contributed by atoms with Gasteiger partial charge in [0.25, 0.3) is 0 Å². The zero-order valence-electron chi connectivity index (χ0n) is 12.7. The van der Waals surface area contributed by atoms with E-state index in [9.17, 15) is 18.4 Å². The van der Waals surface area contributed by atoms with Gasteiger partial charge in [0.1, 0.15) is 11.7 Å². The molecule has 1 rings (SSSR count). The Bertz CT molecular complexity index is 565. The van der Waals surface area contributed by atoms with E-state index in [1.807, 2.05) is 0 Å². The first-order valence-corrected chi connectivity index (χ1v) is 6.73. The molecule has 0 fully saturated rings. The number of nitriles is 2. The van der Waals surface area contributed by atoms with Crippen LogP contribution >= 0.6 is 0 Å². The van der Waals surface area contributed by atoms with Crippen molar-refractivity contribution in [3.63, 3.8) is 0 Å². The van der Waals surface area contributed by atoms with Gasteiger partial charge in [-0.1, -0.05) is 0 Å². The number of rotatable bonds is 4. The van der Waals surface area contributed by atoms with E-state index in [0.717, 1.165) is 12.2 Å². The molecule has 4 nitrogen and oxygen atoms in total. The Morgan fingerprint density at radius 1 is 1.18 bits per heavy atom. The van der Waals surface area contributed by atoms with Crippen molar-refractivity contribution in [2.24, 2.45) is 5.92 Å². The fourth-order valence-electron chi connectivity index (χ4n) is 2.21. The monoisotopic (exact) mass is 314 g/mol. The molecule has 0 amide bonds. The minimum Gasteiger partial charge on any atom is -0.492 e. The summed E-state index contributed by atoms with van der Waals surface area (Å²) in [5.41, 5.74) is -2.98. The Labute approximate surface area is 127 Å². The summed E-state index contributed by atoms with van der Waals surface area (Å²) in [6.07, 6.45) is -4.29. The van der Waals surface area contributed by atoms with Gasteiger partial charge in [-0.3, -0.25) is 0 Å². The summed E-state index contributed by atoms with van der Waals surface area (Å²) in [7, 11) is 0. The smallest absolute Gasteiger partial charge is 0.426 e. The fraction of sp³-hybridized carbons (Fsp3) is 0.600. The first-order chi connectivity index (χ1) is 10.1. The first kappa shape index (κ1) is 18.1. The third-order valence-corrected chi connectivity index (χ3v) is 2.91. The van der Waals surface area contributed by atoms with E-state index >= 15 is 0 Å². The lowest BCUT2D eigenvalue weighted by Gasteiger charge is -2.42. The Hall–Kier alpha value is -1.99. The van der Waals surface area contributed by atoms with E-state index in [4.69, 9.17) is 14.7 Å². The van der Waals surface area contributed by atoms with Gasteiger partial charge in [0.05, 0.1) is 29.9 Å². The molecule has 0 aliphatic heterocycles. The number of ether oxygens (including phenoxy) is 2. The van der Waals surface area contributed by atoms with Crippen molar-refractivity contribution < 1.29 is 22.6 Å². The maximum Gasteiger partial charge on any atom is 0.426 e. The summed E-state index contributed by atoms with van der Waals surface area (Å²) >= 11 is 0. The van der Waals surface area contributed by atoms with Crippen LogP contribution < -0.4 is 0 Å². The van der Waals surface area contributed by atoms with E-state index in [1.54, 1.807) is 26.0 Å². The highest BCUT2D eigenvalue weighted by Gasteiger charge is 2.66. The molecule has 0 heterocycles. The second-order valence-corrected chi connectivity index (χ2v) is 5.42. The minimum atomic E-state index is -4.88. The second-order valence-electron chi connectivity index (χ2n) is 5.42. The average Bonchev–Trinajstić information content (AvgIpc) is 2.37. The molecule has 120 valence electrons. The van der Waals surface area contributed by atoms with Gasteiger partial charge in [-0.05, 0) is 39.8 Å². The summed E-state index contributed by atoms with van der Waals surface area (Å²) in [4.78, 5) is 0. The van der Waals surface area contributed by atoms with Crippen LogP contribution in [0.3, 0.4) is 0 Å². The SMILES string of the molecule is CC(C)OC1=CC(C#N)=CC(C#N)C1(OC(C)C)C(F)(F)F. The predicted octanol–water partition coefficient (Wildman–Crippen LogP) is 3.62. The Kier molecular flexibility index (Phi) is 5.26. The maximum atomic E-state index is 13.8. The molecular weight excluding hydrogens is 297 g/mol. The van der Waals surface area contributed by atoms with Crippen molar-refractivity contribution in [3.05, 3.63) is 23.5 Å². The van der Waals surface area contributed by atoms with Crippen LogP contribution in [0.5, 0.6) is 0 Å². The van der Waals surface area contributed by atoms with Gasteiger partial charge in [-0.25, -0.2) is 0 Å². The molecule has 7 heteroatoms. The topological polar surface area (TPSA) is 66.0 Å². The molecule has 0 aromatic carbocycles. The normalized spacial score (nSPS) is 25.3. The van der Waals surface area contributed by atoms with Crippen molar-refractivity contribution in [1.82, 2.24) is 0 Å². The largest absolute Gasteiger partial charge is 0.492 e. The van der Waals surface area contributed by atoms with Gasteiger partial charge in [-0.2, -0.15) is 23.7 Å². The third kappa shape index (κ3) is 3.26. The summed E-state index contributed by atoms with van der Waals surface area (Å²) in [5, 5.41) is 18.2. The first-order valence-electron chi connectivity index (χ1n) is 6.73. The van der Waals surface area contributed by atoms with E-state index in [-0.39, 0.29) is 5.57 Å². The molecule has 0 saturated carbocycles. The molecule has 0 radical (unpaired) electrons. The summed E-state index contributed by atoms with van der Waals surface area (Å²) in [6, 6.07) is 3.33. The van der Waals surface area contributed by atoms with Gasteiger partial charge in [-0.15, -0.1) is 0 Å². The van der Waals surface area contributed by atoms with Crippen molar-refractivity contribution in [2.75, 3.05) is 0 Å². The van der Waals surface area contributed by atoms with Crippen LogP contribution in [0, 0.1) is 28.6 Å². The quantitative estimate of drug-likeness (QED) is 0.795. The molecule has 0 aromatic heterocycles. The van der Waals surface area contributed by atoms with Crippen molar-refractivity contribution in [3.8, 4) is 12.1 Å². The molecule has 1 aliphatic carbocycles. The standard InChI is InChI=1S/C15H17F3N2O2/c1-9(2)21-13-6-11(7-19)5-12(8-20)14(13,15(16,17)18)22-10(3)4/h5-6,9-10,12H,1-4H3. The Morgan fingerprint density at radius 3 is 2.14 bits per heavy atom. The highest BCUT2D eigenvalue weighted by molar-refractivity contribution is 5.45. The summed E-state index contributed by atoms with van der Waals surface area (Å²) < 4.78 is 51.9. The molecule has 0 aromatic rings. The van der Waals surface area contributed by atoms with Gasteiger partial charge in [0.2, 0.25) is 5.60 Å². The second kappa shape index (κ2) is 6.41. The van der Waals surface area contributed by atoms with Crippen LogP contribution in [0.2, 0.25) is 0 Å². The maximum absolute atomic E-state index is 13.8. The highest BCUT2D eigenvalue weighted by atomic mass is 19.4. The predicted molar refractivity (Wildman–Crippen MR) is 72.1 cm³/mol. The Morgan fingerprint density at radius 2 is 1.77 bits per heavy atom. The van der Waals surface area contributed by atoms with Gasteiger partial charge in [0.15, 0.2) is 0 Å². The van der Waals surface area contributed by atoms with Crippen LogP contribution in [0.25, 0.3) is 0 Å². The molecule has 0 saturated heterocycles. The average molecular weight is 314 g/mol. The van der Waals surface area contributed by atoms with E-state index < -0.39 is 35.7 Å². The number of hydrogen-bond acceptors (Lipinski definition) is 4. The van der Waals surface area contributed by atoms with Gasteiger partial charge in [0, 0.05) is 0 Å². The highest BCUT2D eigenvalue weighted by Crippen LogP contribution is 2.49. The van der Waals surface area contributed by atoms with Crippen molar-refractivity contribution >= 4 is 0 Å². The molecule has 0 bridgehead atoms. The van der Waals surface area contributed by atoms with E-state index in [2.05, 4.69) is 0 Å². The van der Waals surface area contributed by atoms with Crippen LogP contribution in [-0.4, -0.2) is 24.0 Å². The molecule has 2 unspecified atom stereocenters. The van der Waals surface area contributed by atoms with Crippen LogP contribution in [0.1, 0.15) is 27.7 Å². The van der Waals surface area contributed by atoms with Gasteiger partial charge < -0.3 is 9.47 Å². The number of halogens is 3. The number of hydrogen-bond donors (Lipinski definition) is 0. The number of alkyl halides is 3. The van der Waals surface area contributed by atoms with Crippen LogP contribution in [-0.2, 0) is 9.47 Å². The molecule has 0 spiro atoms. The lowest BCUT2D eigenvalue weighted by molar-refractivity contribution is -0.293. The third-order valence-electron chi connectivity index (χ3n) is 2.91. The number of nitrogens with zero attached hydrogens (tertiary/aromatic N) is 2.